The molecule has 2 aromatic carbocycles. The first kappa shape index (κ1) is 20.2. The van der Waals surface area contributed by atoms with Crippen molar-refractivity contribution < 1.29 is 24.2 Å². The van der Waals surface area contributed by atoms with Crippen LogP contribution >= 0.6 is 12.6 Å². The maximum atomic E-state index is 12.8. The molecule has 0 aliphatic carbocycles. The van der Waals surface area contributed by atoms with Gasteiger partial charge in [-0.1, -0.05) is 24.3 Å². The zero-order chi connectivity index (χ0) is 21.1. The number of fused-ring (bicyclic) bond motifs is 2. The molecule has 2 atom stereocenters. The Morgan fingerprint density at radius 2 is 1.93 bits per heavy atom. The Kier molecular flexibility index (Phi) is 5.85. The summed E-state index contributed by atoms with van der Waals surface area (Å²) in [6.45, 7) is 0.184. The summed E-state index contributed by atoms with van der Waals surface area (Å²) in [6.07, 6.45) is 2.40. The third-order valence-corrected chi connectivity index (χ3v) is 5.66. The van der Waals surface area contributed by atoms with Crippen LogP contribution in [-0.2, 0) is 22.4 Å². The highest BCUT2D eigenvalue weighted by atomic mass is 32.1. The number of aliphatic carboxylic acids is 1. The number of thiol groups is 1. The second-order valence-corrected chi connectivity index (χ2v) is 7.60. The van der Waals surface area contributed by atoms with Gasteiger partial charge in [-0.3, -0.25) is 4.79 Å². The molecule has 7 nitrogen and oxygen atoms in total. The van der Waals surface area contributed by atoms with Gasteiger partial charge in [0.25, 0.3) is 0 Å². The Morgan fingerprint density at radius 1 is 1.13 bits per heavy atom. The Hall–Kier alpha value is -3.13. The van der Waals surface area contributed by atoms with E-state index >= 15 is 0 Å². The van der Waals surface area contributed by atoms with Crippen LogP contribution in [0, 0.1) is 5.92 Å². The fourth-order valence-electron chi connectivity index (χ4n) is 3.60. The normalized spacial score (nSPS) is 14.4. The molecule has 156 valence electrons. The van der Waals surface area contributed by atoms with Crippen LogP contribution in [0.5, 0.6) is 11.5 Å². The van der Waals surface area contributed by atoms with E-state index in [1.54, 1.807) is 6.20 Å². The lowest BCUT2D eigenvalue weighted by atomic mass is 9.98. The largest absolute Gasteiger partial charge is 0.480 e. The predicted octanol–water partition coefficient (Wildman–Crippen LogP) is 2.80. The molecule has 8 heteroatoms. The molecule has 0 bridgehead atoms. The second-order valence-electron chi connectivity index (χ2n) is 7.23. The molecule has 0 spiro atoms. The van der Waals surface area contributed by atoms with Gasteiger partial charge in [-0.05, 0) is 35.7 Å². The predicted molar refractivity (Wildman–Crippen MR) is 115 cm³/mol. The van der Waals surface area contributed by atoms with E-state index in [4.69, 9.17) is 9.47 Å². The van der Waals surface area contributed by atoms with Crippen molar-refractivity contribution in [3.05, 3.63) is 59.8 Å². The lowest BCUT2D eigenvalue weighted by Gasteiger charge is -2.19. The topological polar surface area (TPSA) is 101 Å². The van der Waals surface area contributed by atoms with Gasteiger partial charge in [0.1, 0.15) is 6.04 Å². The van der Waals surface area contributed by atoms with Crippen molar-refractivity contribution in [2.24, 2.45) is 5.92 Å². The third-order valence-electron chi connectivity index (χ3n) is 5.22. The number of rotatable bonds is 8. The summed E-state index contributed by atoms with van der Waals surface area (Å²) in [6, 6.07) is 12.2. The van der Waals surface area contributed by atoms with Crippen LogP contribution in [0.25, 0.3) is 10.9 Å². The fourth-order valence-corrected chi connectivity index (χ4v) is 3.90. The van der Waals surface area contributed by atoms with Crippen LogP contribution in [0.4, 0.5) is 0 Å². The second kappa shape index (κ2) is 8.71. The number of carboxylic acid groups (broad SMARTS) is 1. The number of hydrogen-bond acceptors (Lipinski definition) is 5. The molecule has 30 heavy (non-hydrogen) atoms. The van der Waals surface area contributed by atoms with E-state index in [0.717, 1.165) is 22.0 Å². The summed E-state index contributed by atoms with van der Waals surface area (Å²) in [5.74, 6) is -0.272. The number of aromatic nitrogens is 1. The Bertz CT molecular complexity index is 1080. The zero-order valence-electron chi connectivity index (χ0n) is 16.1. The smallest absolute Gasteiger partial charge is 0.326 e. The summed E-state index contributed by atoms with van der Waals surface area (Å²) in [4.78, 5) is 27.8. The van der Waals surface area contributed by atoms with Gasteiger partial charge in [-0.15, -0.1) is 0 Å². The molecule has 0 saturated heterocycles. The summed E-state index contributed by atoms with van der Waals surface area (Å²) in [7, 11) is 0. The molecule has 1 aliphatic rings. The molecule has 1 unspecified atom stereocenters. The number of carbonyl (C=O) groups excluding carboxylic acids is 1. The van der Waals surface area contributed by atoms with E-state index in [1.807, 2.05) is 42.5 Å². The lowest BCUT2D eigenvalue weighted by Crippen LogP contribution is -2.45. The highest BCUT2D eigenvalue weighted by molar-refractivity contribution is 7.80. The summed E-state index contributed by atoms with van der Waals surface area (Å²) < 4.78 is 10.7. The van der Waals surface area contributed by atoms with E-state index < -0.39 is 17.9 Å². The minimum Gasteiger partial charge on any atom is -0.480 e. The van der Waals surface area contributed by atoms with Gasteiger partial charge in [0.2, 0.25) is 12.7 Å². The van der Waals surface area contributed by atoms with Gasteiger partial charge in [0, 0.05) is 29.3 Å². The van der Waals surface area contributed by atoms with Gasteiger partial charge < -0.3 is 24.9 Å². The van der Waals surface area contributed by atoms with Crippen molar-refractivity contribution in [2.45, 2.75) is 18.9 Å². The van der Waals surface area contributed by atoms with Crippen LogP contribution in [0.15, 0.2) is 48.7 Å². The number of para-hydroxylation sites is 1. The lowest BCUT2D eigenvalue weighted by molar-refractivity contribution is -0.142. The first-order valence-corrected chi connectivity index (χ1v) is 10.3. The number of aromatic amines is 1. The number of carboxylic acids is 1. The highest BCUT2D eigenvalue weighted by Gasteiger charge is 2.26. The fraction of sp³-hybridized carbons (Fsp3) is 0.273. The summed E-state index contributed by atoms with van der Waals surface area (Å²) in [5, 5.41) is 13.3. The van der Waals surface area contributed by atoms with Crippen molar-refractivity contribution in [1.29, 1.82) is 0 Å². The molecule has 0 radical (unpaired) electrons. The van der Waals surface area contributed by atoms with E-state index in [9.17, 15) is 14.7 Å². The van der Waals surface area contributed by atoms with Gasteiger partial charge in [0.05, 0.1) is 5.92 Å². The van der Waals surface area contributed by atoms with Crippen molar-refractivity contribution >= 4 is 35.4 Å². The number of hydrogen-bond donors (Lipinski definition) is 4. The molecule has 3 aromatic rings. The average molecular weight is 426 g/mol. The quantitative estimate of drug-likeness (QED) is 0.415. The van der Waals surface area contributed by atoms with Crippen molar-refractivity contribution in [2.75, 3.05) is 12.5 Å². The number of nitrogens with one attached hydrogen (secondary N) is 2. The monoisotopic (exact) mass is 426 g/mol. The number of ether oxygens (including phenoxy) is 2. The summed E-state index contributed by atoms with van der Waals surface area (Å²) in [5.41, 5.74) is 2.67. The first-order valence-electron chi connectivity index (χ1n) is 9.62. The molecule has 3 N–H and O–H groups in total. The minimum atomic E-state index is -1.07. The van der Waals surface area contributed by atoms with E-state index in [2.05, 4.69) is 22.9 Å². The maximum Gasteiger partial charge on any atom is 0.326 e. The maximum absolute atomic E-state index is 12.8. The van der Waals surface area contributed by atoms with Gasteiger partial charge >= 0.3 is 5.97 Å². The molecule has 1 aliphatic heterocycles. The molecular weight excluding hydrogens is 404 g/mol. The first-order chi connectivity index (χ1) is 14.5. The van der Waals surface area contributed by atoms with E-state index in [0.29, 0.717) is 23.7 Å². The van der Waals surface area contributed by atoms with Crippen molar-refractivity contribution in [3.8, 4) is 11.5 Å². The molecule has 0 fully saturated rings. The van der Waals surface area contributed by atoms with Crippen LogP contribution in [0.3, 0.4) is 0 Å². The number of amides is 1. The zero-order valence-corrected chi connectivity index (χ0v) is 17.0. The van der Waals surface area contributed by atoms with Crippen LogP contribution in [-0.4, -0.2) is 40.6 Å². The Morgan fingerprint density at radius 3 is 2.73 bits per heavy atom. The van der Waals surface area contributed by atoms with Gasteiger partial charge in [0.15, 0.2) is 11.5 Å². The molecule has 0 saturated carbocycles. The average Bonchev–Trinajstić information content (AvgIpc) is 3.38. The van der Waals surface area contributed by atoms with Crippen LogP contribution in [0.1, 0.15) is 11.1 Å². The standard InChI is InChI=1S/C22H22N2O5S/c25-21(15(11-30)7-13-5-6-19-20(8-13)29-12-28-19)24-18(22(26)27)9-14-10-23-17-4-2-1-3-16(14)17/h1-6,8,10,15,18,23,30H,7,9,11-12H2,(H,24,25)(H,26,27)/t15?,18-/m0/s1. The SMILES string of the molecule is O=C(N[C@@H](Cc1c[nH]c2ccccc12)C(=O)O)C(CS)Cc1ccc2c(c1)OCO2. The van der Waals surface area contributed by atoms with Crippen LogP contribution < -0.4 is 14.8 Å². The van der Waals surface area contributed by atoms with Gasteiger partial charge in [-0.2, -0.15) is 12.6 Å². The highest BCUT2D eigenvalue weighted by Crippen LogP contribution is 2.33. The Labute approximate surface area is 178 Å². The van der Waals surface area contributed by atoms with Gasteiger partial charge in [-0.25, -0.2) is 4.79 Å². The molecule has 4 rings (SSSR count). The van der Waals surface area contributed by atoms with Crippen LogP contribution in [0.2, 0.25) is 0 Å². The van der Waals surface area contributed by atoms with E-state index in [1.165, 1.54) is 0 Å². The summed E-state index contributed by atoms with van der Waals surface area (Å²) >= 11 is 4.31. The molecular formula is C22H22N2O5S. The molecule has 1 aromatic heterocycles. The number of benzene rings is 2. The molecule has 1 amide bonds. The number of carbonyl (C=O) groups is 2. The minimum absolute atomic E-state index is 0.184. The Balaban J connectivity index is 1.45. The van der Waals surface area contributed by atoms with Crippen molar-refractivity contribution in [3.63, 3.8) is 0 Å². The third kappa shape index (κ3) is 4.23. The van der Waals surface area contributed by atoms with E-state index in [-0.39, 0.29) is 19.1 Å². The number of H-pyrrole nitrogens is 1. The van der Waals surface area contributed by atoms with Crippen molar-refractivity contribution in [1.82, 2.24) is 10.3 Å². The molecule has 2 heterocycles.